The van der Waals surface area contributed by atoms with E-state index in [4.69, 9.17) is 28.9 Å². The number of aromatic nitrogens is 4. The van der Waals surface area contributed by atoms with Gasteiger partial charge in [0.25, 0.3) is 0 Å². The maximum absolute atomic E-state index is 15.8. The molecule has 0 amide bonds. The Labute approximate surface area is 232 Å². The minimum atomic E-state index is -1.32. The molecule has 0 unspecified atom stereocenters. The van der Waals surface area contributed by atoms with Gasteiger partial charge in [0.05, 0.1) is 28.0 Å². The first-order valence-electron chi connectivity index (χ1n) is 12.5. The Morgan fingerprint density at radius 3 is 2.38 bits per heavy atom. The molecular weight excluding hydrogens is 552 g/mol. The Bertz CT molecular complexity index is 1660. The van der Waals surface area contributed by atoms with E-state index in [0.29, 0.717) is 30.0 Å². The summed E-state index contributed by atoms with van der Waals surface area (Å²) < 4.78 is 46.6. The molecule has 0 aliphatic carbocycles. The predicted molar refractivity (Wildman–Crippen MR) is 148 cm³/mol. The molecule has 3 aromatic heterocycles. The van der Waals surface area contributed by atoms with Gasteiger partial charge in [0.2, 0.25) is 0 Å². The lowest BCUT2D eigenvalue weighted by molar-refractivity contribution is 0.573. The Morgan fingerprint density at radius 1 is 1.03 bits per heavy atom. The van der Waals surface area contributed by atoms with Gasteiger partial charge in [0.1, 0.15) is 21.6 Å². The van der Waals surface area contributed by atoms with Crippen molar-refractivity contribution in [3.63, 3.8) is 0 Å². The first-order chi connectivity index (χ1) is 18.5. The van der Waals surface area contributed by atoms with Crippen LogP contribution in [-0.2, 0) is 0 Å². The molecule has 7 nitrogen and oxygen atoms in total. The maximum Gasteiger partial charge on any atom is 0.355 e. The van der Waals surface area contributed by atoms with Crippen LogP contribution in [0.5, 0.6) is 0 Å². The topological polar surface area (TPSA) is 89.9 Å². The van der Waals surface area contributed by atoms with E-state index < -0.39 is 50.1 Å². The van der Waals surface area contributed by atoms with Gasteiger partial charge in [0, 0.05) is 19.3 Å². The molecule has 0 saturated carbocycles. The molecular formula is C27H25Cl2F3N6O. The number of pyridine rings is 2. The molecule has 1 aliphatic rings. The third-order valence-electron chi connectivity index (χ3n) is 6.92. The SMILES string of the molecule is Cc1ccnc(C(C)C)c1-n1c(=O)nc(N2CCCCC2)c2cc(F)c(-c3c(N)c(Cl)c(F)c(Cl)c3F)nc21. The number of nitrogens with zero attached hydrogens (tertiary/aromatic N) is 5. The second-order valence-electron chi connectivity index (χ2n) is 9.85. The van der Waals surface area contributed by atoms with E-state index in [1.54, 1.807) is 19.2 Å². The highest BCUT2D eigenvalue weighted by molar-refractivity contribution is 6.37. The number of halogens is 5. The molecule has 12 heteroatoms. The summed E-state index contributed by atoms with van der Waals surface area (Å²) in [5.74, 6) is -3.36. The fourth-order valence-corrected chi connectivity index (χ4v) is 5.42. The van der Waals surface area contributed by atoms with Crippen molar-refractivity contribution in [2.75, 3.05) is 23.7 Å². The first-order valence-corrected chi connectivity index (χ1v) is 13.2. The molecule has 1 fully saturated rings. The molecule has 0 spiro atoms. The van der Waals surface area contributed by atoms with E-state index in [2.05, 4.69) is 15.0 Å². The largest absolute Gasteiger partial charge is 0.397 e. The van der Waals surface area contributed by atoms with Gasteiger partial charge in [-0.05, 0) is 49.8 Å². The summed E-state index contributed by atoms with van der Waals surface area (Å²) >= 11 is 11.8. The molecule has 0 bridgehead atoms. The average molecular weight is 577 g/mol. The zero-order chi connectivity index (χ0) is 28.2. The van der Waals surface area contributed by atoms with Gasteiger partial charge in [-0.3, -0.25) is 4.98 Å². The van der Waals surface area contributed by atoms with E-state index in [1.807, 2.05) is 18.7 Å². The van der Waals surface area contributed by atoms with Gasteiger partial charge < -0.3 is 10.6 Å². The summed E-state index contributed by atoms with van der Waals surface area (Å²) in [4.78, 5) is 28.9. The van der Waals surface area contributed by atoms with Crippen molar-refractivity contribution in [1.82, 2.24) is 19.5 Å². The van der Waals surface area contributed by atoms with Crippen molar-refractivity contribution in [3.05, 3.63) is 67.6 Å². The number of hydrogen-bond acceptors (Lipinski definition) is 6. The van der Waals surface area contributed by atoms with Crippen molar-refractivity contribution in [3.8, 4) is 16.9 Å². The van der Waals surface area contributed by atoms with Gasteiger partial charge in [0.15, 0.2) is 23.1 Å². The van der Waals surface area contributed by atoms with Crippen LogP contribution in [0.25, 0.3) is 28.0 Å². The van der Waals surface area contributed by atoms with Crippen LogP contribution in [0.2, 0.25) is 10.0 Å². The van der Waals surface area contributed by atoms with E-state index in [0.717, 1.165) is 25.3 Å². The average Bonchev–Trinajstić information content (AvgIpc) is 2.92. The van der Waals surface area contributed by atoms with Crippen LogP contribution in [-0.4, -0.2) is 32.6 Å². The molecule has 1 saturated heterocycles. The van der Waals surface area contributed by atoms with Crippen molar-refractivity contribution < 1.29 is 13.2 Å². The summed E-state index contributed by atoms with van der Waals surface area (Å²) in [5.41, 5.74) is 5.29. The number of anilines is 2. The van der Waals surface area contributed by atoms with Crippen molar-refractivity contribution in [2.24, 2.45) is 0 Å². The lowest BCUT2D eigenvalue weighted by Crippen LogP contribution is -2.34. The normalized spacial score (nSPS) is 14.0. The van der Waals surface area contributed by atoms with Gasteiger partial charge in [-0.2, -0.15) is 4.98 Å². The van der Waals surface area contributed by atoms with Gasteiger partial charge >= 0.3 is 5.69 Å². The molecule has 39 heavy (non-hydrogen) atoms. The number of aryl methyl sites for hydroxylation is 1. The highest BCUT2D eigenvalue weighted by atomic mass is 35.5. The van der Waals surface area contributed by atoms with Gasteiger partial charge in [-0.1, -0.05) is 37.0 Å². The Morgan fingerprint density at radius 2 is 1.72 bits per heavy atom. The van der Waals surface area contributed by atoms with Crippen LogP contribution in [0.1, 0.15) is 50.3 Å². The standard InChI is InChI=1S/C27H25Cl2F3N6O/c1-12(2)22-24(13(3)7-8-34-22)38-26-14(25(36-27(38)39)37-9-5-4-6-10-37)11-15(30)23(35-26)16-19(31)17(28)20(32)18(29)21(16)33/h7-8,11-12H,4-6,9-10,33H2,1-3H3. The fourth-order valence-electron chi connectivity index (χ4n) is 4.99. The molecule has 1 aliphatic heterocycles. The Kier molecular flexibility index (Phi) is 7.19. The van der Waals surface area contributed by atoms with E-state index in [-0.39, 0.29) is 22.8 Å². The summed E-state index contributed by atoms with van der Waals surface area (Å²) in [7, 11) is 0. The quantitative estimate of drug-likeness (QED) is 0.168. The minimum absolute atomic E-state index is 0.0142. The fraction of sp³-hybridized carbons (Fsp3) is 0.333. The zero-order valence-corrected chi connectivity index (χ0v) is 23.0. The smallest absolute Gasteiger partial charge is 0.355 e. The van der Waals surface area contributed by atoms with Gasteiger partial charge in [-0.15, -0.1) is 0 Å². The van der Waals surface area contributed by atoms with E-state index in [9.17, 15) is 9.18 Å². The number of nitrogens with two attached hydrogens (primary N) is 1. The molecule has 204 valence electrons. The van der Waals surface area contributed by atoms with Gasteiger partial charge in [-0.25, -0.2) is 27.5 Å². The molecule has 0 atom stereocenters. The van der Waals surface area contributed by atoms with Crippen LogP contribution < -0.4 is 16.3 Å². The number of hydrogen-bond donors (Lipinski definition) is 1. The molecule has 2 N–H and O–H groups in total. The summed E-state index contributed by atoms with van der Waals surface area (Å²) in [6.45, 7) is 6.91. The Hall–Kier alpha value is -3.37. The van der Waals surface area contributed by atoms with Crippen LogP contribution >= 0.6 is 23.2 Å². The van der Waals surface area contributed by atoms with Crippen LogP contribution in [0, 0.1) is 24.4 Å². The van der Waals surface area contributed by atoms with E-state index >= 15 is 8.78 Å². The molecule has 0 radical (unpaired) electrons. The molecule has 4 heterocycles. The van der Waals surface area contributed by atoms with Crippen LogP contribution in [0.15, 0.2) is 23.1 Å². The van der Waals surface area contributed by atoms with Crippen LogP contribution in [0.3, 0.4) is 0 Å². The van der Waals surface area contributed by atoms with Crippen molar-refractivity contribution in [2.45, 2.75) is 46.0 Å². The van der Waals surface area contributed by atoms with Crippen molar-refractivity contribution in [1.29, 1.82) is 0 Å². The maximum atomic E-state index is 15.8. The second kappa shape index (κ2) is 10.3. The lowest BCUT2D eigenvalue weighted by atomic mass is 10.0. The highest BCUT2D eigenvalue weighted by Crippen LogP contribution is 2.42. The number of fused-ring (bicyclic) bond motifs is 1. The number of nitrogen functional groups attached to an aromatic ring is 1. The predicted octanol–water partition coefficient (Wildman–Crippen LogP) is 6.57. The monoisotopic (exact) mass is 576 g/mol. The highest BCUT2D eigenvalue weighted by Gasteiger charge is 2.29. The molecule has 1 aromatic carbocycles. The minimum Gasteiger partial charge on any atom is -0.397 e. The zero-order valence-electron chi connectivity index (χ0n) is 21.5. The third-order valence-corrected chi connectivity index (χ3v) is 7.62. The molecule has 4 aromatic rings. The number of piperidine rings is 1. The Balaban J connectivity index is 1.94. The van der Waals surface area contributed by atoms with Crippen molar-refractivity contribution >= 4 is 45.7 Å². The lowest BCUT2D eigenvalue weighted by Gasteiger charge is -2.29. The van der Waals surface area contributed by atoms with Crippen LogP contribution in [0.4, 0.5) is 24.7 Å². The number of benzene rings is 1. The summed E-state index contributed by atoms with van der Waals surface area (Å²) in [5, 5.41) is -1.37. The number of rotatable bonds is 4. The van der Waals surface area contributed by atoms with E-state index in [1.165, 1.54) is 4.57 Å². The summed E-state index contributed by atoms with van der Waals surface area (Å²) in [6.07, 6.45) is 4.43. The summed E-state index contributed by atoms with van der Waals surface area (Å²) in [6, 6.07) is 2.87. The first kappa shape index (κ1) is 27.2. The second-order valence-corrected chi connectivity index (χ2v) is 10.6. The third kappa shape index (κ3) is 4.49. The molecule has 5 rings (SSSR count).